The highest BCUT2D eigenvalue weighted by Gasteiger charge is 2.14. The molecule has 0 saturated carbocycles. The molecule has 0 aliphatic carbocycles. The lowest BCUT2D eigenvalue weighted by atomic mass is 9.95. The molecule has 100 valence electrons. The van der Waals surface area contributed by atoms with Gasteiger partial charge in [-0.05, 0) is 64.4 Å². The summed E-state index contributed by atoms with van der Waals surface area (Å²) < 4.78 is 1.25. The molecule has 20 heavy (non-hydrogen) atoms. The van der Waals surface area contributed by atoms with Crippen LogP contribution in [0.1, 0.15) is 17.2 Å². The minimum absolute atomic E-state index is 0.178. The van der Waals surface area contributed by atoms with E-state index in [0.717, 1.165) is 0 Å². The fourth-order valence-corrected chi connectivity index (χ4v) is 3.14. The van der Waals surface area contributed by atoms with Gasteiger partial charge in [0.05, 0.1) is 6.04 Å². The third-order valence-corrected chi connectivity index (χ3v) is 4.17. The second-order valence-corrected chi connectivity index (χ2v) is 5.97. The summed E-state index contributed by atoms with van der Waals surface area (Å²) in [5.41, 5.74) is 2.54. The molecule has 0 aliphatic rings. The summed E-state index contributed by atoms with van der Waals surface area (Å²) in [6, 6.07) is 17.2. The summed E-state index contributed by atoms with van der Waals surface area (Å²) in [6.45, 7) is 0. The largest absolute Gasteiger partial charge is 0.309 e. The third-order valence-electron chi connectivity index (χ3n) is 3.50. The lowest BCUT2D eigenvalue weighted by Crippen LogP contribution is -2.18. The number of rotatable bonds is 3. The van der Waals surface area contributed by atoms with Crippen LogP contribution in [0, 0.1) is 3.57 Å². The summed E-state index contributed by atoms with van der Waals surface area (Å²) in [6.07, 6.45) is 3.79. The normalized spacial score (nSPS) is 12.5. The average molecular weight is 374 g/mol. The molecule has 0 amide bonds. The second kappa shape index (κ2) is 5.89. The summed E-state index contributed by atoms with van der Waals surface area (Å²) in [4.78, 5) is 4.27. The van der Waals surface area contributed by atoms with Gasteiger partial charge in [0.2, 0.25) is 0 Å². The van der Waals surface area contributed by atoms with Gasteiger partial charge < -0.3 is 5.32 Å². The van der Waals surface area contributed by atoms with E-state index < -0.39 is 0 Å². The minimum Gasteiger partial charge on any atom is -0.309 e. The number of fused-ring (bicyclic) bond motifs is 1. The maximum Gasteiger partial charge on any atom is 0.0581 e. The third kappa shape index (κ3) is 2.55. The van der Waals surface area contributed by atoms with E-state index in [2.05, 4.69) is 81.4 Å². The molecule has 3 rings (SSSR count). The molecule has 1 aromatic heterocycles. The first kappa shape index (κ1) is 13.5. The predicted octanol–water partition coefficient (Wildman–Crippen LogP) is 4.15. The highest BCUT2D eigenvalue weighted by atomic mass is 127. The van der Waals surface area contributed by atoms with Crippen LogP contribution in [0.5, 0.6) is 0 Å². The fourth-order valence-electron chi connectivity index (χ4n) is 2.58. The maximum atomic E-state index is 4.27. The van der Waals surface area contributed by atoms with Crippen molar-refractivity contribution in [3.8, 4) is 0 Å². The minimum atomic E-state index is 0.178. The van der Waals surface area contributed by atoms with Crippen LogP contribution in [-0.4, -0.2) is 12.0 Å². The van der Waals surface area contributed by atoms with Crippen molar-refractivity contribution >= 4 is 33.4 Å². The number of nitrogens with one attached hydrogen (secondary N) is 1. The van der Waals surface area contributed by atoms with Gasteiger partial charge in [-0.15, -0.1) is 0 Å². The Labute approximate surface area is 132 Å². The zero-order chi connectivity index (χ0) is 13.9. The first-order valence-corrected chi connectivity index (χ1v) is 7.63. The van der Waals surface area contributed by atoms with Crippen LogP contribution in [0.25, 0.3) is 10.8 Å². The van der Waals surface area contributed by atoms with Crippen LogP contribution >= 0.6 is 22.6 Å². The molecular weight excluding hydrogens is 359 g/mol. The van der Waals surface area contributed by atoms with Gasteiger partial charge in [0.25, 0.3) is 0 Å². The smallest absolute Gasteiger partial charge is 0.0581 e. The Bertz CT molecular complexity index is 734. The van der Waals surface area contributed by atoms with E-state index in [-0.39, 0.29) is 6.04 Å². The Morgan fingerprint density at radius 1 is 1.10 bits per heavy atom. The molecule has 1 heterocycles. The SMILES string of the molecule is CNC(c1cccc(I)c1)c1cccc2ccncc12. The molecule has 0 radical (unpaired) electrons. The van der Waals surface area contributed by atoms with Crippen LogP contribution in [0.15, 0.2) is 60.9 Å². The Kier molecular flexibility index (Phi) is 3.98. The Morgan fingerprint density at radius 2 is 1.95 bits per heavy atom. The van der Waals surface area contributed by atoms with Gasteiger partial charge in [-0.25, -0.2) is 0 Å². The molecule has 0 saturated heterocycles. The molecule has 0 aliphatic heterocycles. The van der Waals surface area contributed by atoms with Gasteiger partial charge in [0.1, 0.15) is 0 Å². The topological polar surface area (TPSA) is 24.9 Å². The van der Waals surface area contributed by atoms with Crippen LogP contribution < -0.4 is 5.32 Å². The lowest BCUT2D eigenvalue weighted by molar-refractivity contribution is 0.696. The molecule has 1 unspecified atom stereocenters. The maximum absolute atomic E-state index is 4.27. The molecular formula is C17H15IN2. The highest BCUT2D eigenvalue weighted by Crippen LogP contribution is 2.28. The van der Waals surface area contributed by atoms with Crippen molar-refractivity contribution < 1.29 is 0 Å². The van der Waals surface area contributed by atoms with Crippen LogP contribution in [0.2, 0.25) is 0 Å². The predicted molar refractivity (Wildman–Crippen MR) is 91.8 cm³/mol. The quantitative estimate of drug-likeness (QED) is 0.697. The molecule has 3 heteroatoms. The van der Waals surface area contributed by atoms with Gasteiger partial charge in [-0.3, -0.25) is 4.98 Å². The number of hydrogen-bond donors (Lipinski definition) is 1. The Hall–Kier alpha value is -1.46. The van der Waals surface area contributed by atoms with Gasteiger partial charge in [0, 0.05) is 21.4 Å². The first-order valence-electron chi connectivity index (χ1n) is 6.55. The van der Waals surface area contributed by atoms with Gasteiger partial charge in [-0.2, -0.15) is 0 Å². The monoisotopic (exact) mass is 374 g/mol. The zero-order valence-corrected chi connectivity index (χ0v) is 13.3. The van der Waals surface area contributed by atoms with Gasteiger partial charge in [-0.1, -0.05) is 30.3 Å². The number of benzene rings is 2. The van der Waals surface area contributed by atoms with E-state index in [1.165, 1.54) is 25.5 Å². The summed E-state index contributed by atoms with van der Waals surface area (Å²) in [7, 11) is 2.00. The number of halogens is 1. The summed E-state index contributed by atoms with van der Waals surface area (Å²) in [5.74, 6) is 0. The van der Waals surface area contributed by atoms with Crippen molar-refractivity contribution in [2.24, 2.45) is 0 Å². The van der Waals surface area contributed by atoms with Crippen molar-refractivity contribution in [2.45, 2.75) is 6.04 Å². The average Bonchev–Trinajstić information content (AvgIpc) is 2.48. The molecule has 0 bridgehead atoms. The van der Waals surface area contributed by atoms with E-state index in [0.29, 0.717) is 0 Å². The molecule has 0 fully saturated rings. The summed E-state index contributed by atoms with van der Waals surface area (Å²) >= 11 is 2.35. The van der Waals surface area contributed by atoms with Gasteiger partial charge in [0.15, 0.2) is 0 Å². The van der Waals surface area contributed by atoms with E-state index >= 15 is 0 Å². The number of nitrogens with zero attached hydrogens (tertiary/aromatic N) is 1. The molecule has 1 N–H and O–H groups in total. The fraction of sp³-hybridized carbons (Fsp3) is 0.118. The van der Waals surface area contributed by atoms with Crippen LogP contribution in [0.3, 0.4) is 0 Å². The van der Waals surface area contributed by atoms with Gasteiger partial charge >= 0.3 is 0 Å². The Balaban J connectivity index is 2.17. The van der Waals surface area contributed by atoms with Crippen molar-refractivity contribution in [2.75, 3.05) is 7.05 Å². The zero-order valence-electron chi connectivity index (χ0n) is 11.2. The van der Waals surface area contributed by atoms with Crippen LogP contribution in [-0.2, 0) is 0 Å². The summed E-state index contributed by atoms with van der Waals surface area (Å²) in [5, 5.41) is 5.85. The molecule has 2 nitrogen and oxygen atoms in total. The number of hydrogen-bond acceptors (Lipinski definition) is 2. The van der Waals surface area contributed by atoms with E-state index in [1.54, 1.807) is 0 Å². The van der Waals surface area contributed by atoms with E-state index in [1.807, 2.05) is 19.4 Å². The number of aromatic nitrogens is 1. The van der Waals surface area contributed by atoms with E-state index in [9.17, 15) is 0 Å². The van der Waals surface area contributed by atoms with Crippen LogP contribution in [0.4, 0.5) is 0 Å². The first-order chi connectivity index (χ1) is 9.79. The van der Waals surface area contributed by atoms with E-state index in [4.69, 9.17) is 0 Å². The molecule has 3 aromatic rings. The molecule has 0 spiro atoms. The second-order valence-electron chi connectivity index (χ2n) is 4.72. The lowest BCUT2D eigenvalue weighted by Gasteiger charge is -2.19. The standard InChI is InChI=1S/C17H15IN2/c1-19-17(13-5-2-6-14(18)10-13)15-7-3-4-12-8-9-20-11-16(12)15/h2-11,17,19H,1H3. The molecule has 2 aromatic carbocycles. The van der Waals surface area contributed by atoms with Crippen molar-refractivity contribution in [3.05, 3.63) is 75.6 Å². The Morgan fingerprint density at radius 3 is 2.75 bits per heavy atom. The highest BCUT2D eigenvalue weighted by molar-refractivity contribution is 14.1. The van der Waals surface area contributed by atoms with Crippen molar-refractivity contribution in [1.82, 2.24) is 10.3 Å². The van der Waals surface area contributed by atoms with Crippen molar-refractivity contribution in [3.63, 3.8) is 0 Å². The number of pyridine rings is 1. The van der Waals surface area contributed by atoms with Crippen molar-refractivity contribution in [1.29, 1.82) is 0 Å². The molecule has 1 atom stereocenters.